The van der Waals surface area contributed by atoms with Crippen LogP contribution in [0.4, 0.5) is 0 Å². The van der Waals surface area contributed by atoms with E-state index in [9.17, 15) is 9.59 Å². The molecule has 0 spiro atoms. The fraction of sp³-hybridized carbons (Fsp3) is 0.750. The first-order valence-corrected chi connectivity index (χ1v) is 7.60. The zero-order valence-corrected chi connectivity index (χ0v) is 13.9. The van der Waals surface area contributed by atoms with E-state index in [1.807, 2.05) is 26.0 Å². The van der Waals surface area contributed by atoms with Crippen molar-refractivity contribution in [1.29, 1.82) is 0 Å². The number of hydrogen-bond donors (Lipinski definition) is 2. The Balaban J connectivity index is 4.20. The predicted octanol–water partition coefficient (Wildman–Crippen LogP) is 1.88. The number of nitrogens with one attached hydrogen (secondary N) is 2. The Morgan fingerprint density at radius 2 is 1.76 bits per heavy atom. The summed E-state index contributed by atoms with van der Waals surface area (Å²) in [4.78, 5) is 23.2. The number of ether oxygens (including phenoxy) is 1. The number of carbonyl (C=O) groups excluding carboxylic acids is 2. The fourth-order valence-electron chi connectivity index (χ4n) is 1.58. The van der Waals surface area contributed by atoms with E-state index in [1.165, 1.54) is 6.92 Å². The Morgan fingerprint density at radius 3 is 2.29 bits per heavy atom. The minimum Gasteiger partial charge on any atom is -0.377 e. The minimum absolute atomic E-state index is 0.147. The normalized spacial score (nSPS) is 12.9. The molecule has 0 aliphatic rings. The maximum Gasteiger partial charge on any atom is 0.242 e. The molecule has 0 saturated heterocycles. The van der Waals surface area contributed by atoms with E-state index >= 15 is 0 Å². The quantitative estimate of drug-likeness (QED) is 0.478. The minimum atomic E-state index is -0.525. The molecule has 0 aliphatic carbocycles. The number of hydrogen-bond acceptors (Lipinski definition) is 3. The number of rotatable bonds is 10. The van der Waals surface area contributed by atoms with Crippen LogP contribution < -0.4 is 10.6 Å². The molecular weight excluding hydrogens is 268 g/mol. The number of carbonyl (C=O) groups is 2. The molecule has 0 aromatic rings. The lowest BCUT2D eigenvalue weighted by Crippen LogP contribution is -2.46. The van der Waals surface area contributed by atoms with Crippen LogP contribution in [0.15, 0.2) is 12.2 Å². The van der Waals surface area contributed by atoms with Crippen LogP contribution in [0.1, 0.15) is 41.0 Å². The van der Waals surface area contributed by atoms with Gasteiger partial charge < -0.3 is 15.4 Å². The van der Waals surface area contributed by atoms with E-state index in [0.717, 1.165) is 0 Å². The van der Waals surface area contributed by atoms with Crippen molar-refractivity contribution >= 4 is 11.8 Å². The Hall–Kier alpha value is -1.36. The smallest absolute Gasteiger partial charge is 0.242 e. The SMILES string of the molecule is CC(=O)N[C@@H](C/C=C/COCC(C)C)C(=O)NCC(C)C. The Labute approximate surface area is 128 Å². The first kappa shape index (κ1) is 19.6. The highest BCUT2D eigenvalue weighted by molar-refractivity contribution is 5.86. The molecule has 0 radical (unpaired) electrons. The van der Waals surface area contributed by atoms with Crippen LogP contribution in [-0.4, -0.2) is 37.6 Å². The molecule has 0 aliphatic heterocycles. The molecule has 0 aromatic carbocycles. The second-order valence-electron chi connectivity index (χ2n) is 6.03. The molecule has 5 nitrogen and oxygen atoms in total. The summed E-state index contributed by atoms with van der Waals surface area (Å²) in [5.74, 6) is 0.537. The van der Waals surface area contributed by atoms with Crippen LogP contribution in [0.2, 0.25) is 0 Å². The molecule has 1 atom stereocenters. The van der Waals surface area contributed by atoms with Gasteiger partial charge in [0.1, 0.15) is 6.04 Å². The summed E-state index contributed by atoms with van der Waals surface area (Å²) in [6.07, 6.45) is 4.22. The van der Waals surface area contributed by atoms with Gasteiger partial charge in [-0.25, -0.2) is 0 Å². The van der Waals surface area contributed by atoms with Gasteiger partial charge in [0.25, 0.3) is 0 Å². The molecule has 21 heavy (non-hydrogen) atoms. The summed E-state index contributed by atoms with van der Waals surface area (Å²) in [6, 6.07) is -0.525. The third kappa shape index (κ3) is 12.1. The largest absolute Gasteiger partial charge is 0.377 e. The zero-order chi connectivity index (χ0) is 16.3. The van der Waals surface area contributed by atoms with Crippen LogP contribution in [0.5, 0.6) is 0 Å². The van der Waals surface area contributed by atoms with Crippen molar-refractivity contribution in [1.82, 2.24) is 10.6 Å². The summed E-state index contributed by atoms with van der Waals surface area (Å²) < 4.78 is 5.42. The molecule has 0 saturated carbocycles. The molecule has 0 rings (SSSR count). The van der Waals surface area contributed by atoms with Crippen molar-refractivity contribution in [2.75, 3.05) is 19.8 Å². The highest BCUT2D eigenvalue weighted by Crippen LogP contribution is 1.98. The van der Waals surface area contributed by atoms with E-state index in [0.29, 0.717) is 38.0 Å². The maximum atomic E-state index is 12.0. The van der Waals surface area contributed by atoms with E-state index in [2.05, 4.69) is 24.5 Å². The van der Waals surface area contributed by atoms with Crippen LogP contribution in [0, 0.1) is 11.8 Å². The van der Waals surface area contributed by atoms with E-state index in [1.54, 1.807) is 0 Å². The van der Waals surface area contributed by atoms with Crippen molar-refractivity contribution in [3.05, 3.63) is 12.2 Å². The van der Waals surface area contributed by atoms with Crippen molar-refractivity contribution < 1.29 is 14.3 Å². The molecule has 0 heterocycles. The van der Waals surface area contributed by atoms with Crippen molar-refractivity contribution in [2.45, 2.75) is 47.1 Å². The van der Waals surface area contributed by atoms with Gasteiger partial charge >= 0.3 is 0 Å². The monoisotopic (exact) mass is 298 g/mol. The molecule has 2 N–H and O–H groups in total. The molecule has 122 valence electrons. The second-order valence-corrected chi connectivity index (χ2v) is 6.03. The molecule has 5 heteroatoms. The molecular formula is C16H30N2O3. The standard InChI is InChI=1S/C16H30N2O3/c1-12(2)10-17-16(20)15(18-14(5)19)8-6-7-9-21-11-13(3)4/h6-7,12-13,15H,8-11H2,1-5H3,(H,17,20)(H,18,19)/b7-6+/t15-/m0/s1. The van der Waals surface area contributed by atoms with Gasteiger partial charge in [-0.2, -0.15) is 0 Å². The Bertz CT molecular complexity index is 338. The Morgan fingerprint density at radius 1 is 1.10 bits per heavy atom. The van der Waals surface area contributed by atoms with Gasteiger partial charge in [-0.15, -0.1) is 0 Å². The zero-order valence-electron chi connectivity index (χ0n) is 13.9. The first-order valence-electron chi connectivity index (χ1n) is 7.60. The summed E-state index contributed by atoms with van der Waals surface area (Å²) in [5.41, 5.74) is 0. The van der Waals surface area contributed by atoms with Gasteiger partial charge in [0.2, 0.25) is 11.8 Å². The van der Waals surface area contributed by atoms with Crippen molar-refractivity contribution in [3.63, 3.8) is 0 Å². The van der Waals surface area contributed by atoms with E-state index < -0.39 is 6.04 Å². The van der Waals surface area contributed by atoms with Crippen LogP contribution in [-0.2, 0) is 14.3 Å². The van der Waals surface area contributed by atoms with Gasteiger partial charge in [-0.05, 0) is 18.3 Å². The topological polar surface area (TPSA) is 67.4 Å². The molecule has 0 fully saturated rings. The lowest BCUT2D eigenvalue weighted by atomic mass is 10.1. The lowest BCUT2D eigenvalue weighted by Gasteiger charge is -2.17. The van der Waals surface area contributed by atoms with Gasteiger partial charge in [-0.1, -0.05) is 39.8 Å². The summed E-state index contributed by atoms with van der Waals surface area (Å²) in [7, 11) is 0. The third-order valence-electron chi connectivity index (χ3n) is 2.58. The van der Waals surface area contributed by atoms with Gasteiger partial charge in [0.05, 0.1) is 6.61 Å². The second kappa shape index (κ2) is 11.3. The van der Waals surface area contributed by atoms with Crippen LogP contribution in [0.3, 0.4) is 0 Å². The average Bonchev–Trinajstić information content (AvgIpc) is 2.37. The van der Waals surface area contributed by atoms with Crippen LogP contribution >= 0.6 is 0 Å². The summed E-state index contributed by atoms with van der Waals surface area (Å²) in [5, 5.41) is 5.51. The molecule has 0 unspecified atom stereocenters. The molecule has 2 amide bonds. The fourth-order valence-corrected chi connectivity index (χ4v) is 1.58. The van der Waals surface area contributed by atoms with E-state index in [4.69, 9.17) is 4.74 Å². The first-order chi connectivity index (χ1) is 9.82. The molecule has 0 bridgehead atoms. The van der Waals surface area contributed by atoms with Crippen molar-refractivity contribution in [2.24, 2.45) is 11.8 Å². The van der Waals surface area contributed by atoms with Gasteiger partial charge in [0, 0.05) is 20.1 Å². The number of amides is 2. The van der Waals surface area contributed by atoms with E-state index in [-0.39, 0.29) is 11.8 Å². The Kier molecular flexibility index (Phi) is 10.6. The summed E-state index contributed by atoms with van der Waals surface area (Å²) >= 11 is 0. The lowest BCUT2D eigenvalue weighted by molar-refractivity contribution is -0.128. The summed E-state index contributed by atoms with van der Waals surface area (Å²) in [6.45, 7) is 11.5. The predicted molar refractivity (Wildman–Crippen MR) is 84.9 cm³/mol. The third-order valence-corrected chi connectivity index (χ3v) is 2.58. The highest BCUT2D eigenvalue weighted by Gasteiger charge is 2.17. The highest BCUT2D eigenvalue weighted by atomic mass is 16.5. The van der Waals surface area contributed by atoms with Crippen molar-refractivity contribution in [3.8, 4) is 0 Å². The van der Waals surface area contributed by atoms with Gasteiger partial charge in [-0.3, -0.25) is 9.59 Å². The molecule has 0 aromatic heterocycles. The van der Waals surface area contributed by atoms with Gasteiger partial charge in [0.15, 0.2) is 0 Å². The maximum absolute atomic E-state index is 12.0. The average molecular weight is 298 g/mol. The van der Waals surface area contributed by atoms with Crippen LogP contribution in [0.25, 0.3) is 0 Å².